The van der Waals surface area contributed by atoms with Crippen LogP contribution in [-0.2, 0) is 28.2 Å². The summed E-state index contributed by atoms with van der Waals surface area (Å²) in [6, 6.07) is 24.4. The highest BCUT2D eigenvalue weighted by molar-refractivity contribution is 6.30. The van der Waals surface area contributed by atoms with E-state index in [0.29, 0.717) is 18.2 Å². The highest BCUT2D eigenvalue weighted by Gasteiger charge is 2.34. The zero-order valence-corrected chi connectivity index (χ0v) is 18.5. The van der Waals surface area contributed by atoms with Crippen molar-refractivity contribution in [2.45, 2.75) is 31.6 Å². The first-order valence-electron chi connectivity index (χ1n) is 10.6. The Morgan fingerprint density at radius 1 is 0.935 bits per heavy atom. The van der Waals surface area contributed by atoms with Crippen molar-refractivity contribution in [3.05, 3.63) is 94.5 Å². The molecular weight excluding hydrogens is 410 g/mol. The number of ether oxygens (including phenoxy) is 3. The fraction of sp³-hybridized carbons (Fsp3) is 0.308. The zero-order valence-electron chi connectivity index (χ0n) is 17.8. The minimum absolute atomic E-state index is 0.265. The van der Waals surface area contributed by atoms with Crippen LogP contribution in [0.15, 0.2) is 72.8 Å². The van der Waals surface area contributed by atoms with E-state index in [4.69, 9.17) is 25.8 Å². The van der Waals surface area contributed by atoms with Crippen LogP contribution in [-0.4, -0.2) is 20.3 Å². The van der Waals surface area contributed by atoms with Crippen LogP contribution >= 0.6 is 11.6 Å². The quantitative estimate of drug-likeness (QED) is 0.456. The number of nitrogens with one attached hydrogen (secondary N) is 1. The van der Waals surface area contributed by atoms with Crippen LogP contribution in [0.4, 0.5) is 5.69 Å². The van der Waals surface area contributed by atoms with Gasteiger partial charge in [0.25, 0.3) is 0 Å². The number of hydrogen-bond acceptors (Lipinski definition) is 4. The van der Waals surface area contributed by atoms with Gasteiger partial charge < -0.3 is 19.5 Å². The summed E-state index contributed by atoms with van der Waals surface area (Å²) in [7, 11) is 1.79. The average molecular weight is 438 g/mol. The lowest BCUT2D eigenvalue weighted by atomic mass is 9.85. The van der Waals surface area contributed by atoms with Crippen LogP contribution < -0.4 is 10.1 Å². The van der Waals surface area contributed by atoms with Gasteiger partial charge in [0.1, 0.15) is 12.4 Å². The van der Waals surface area contributed by atoms with Gasteiger partial charge >= 0.3 is 0 Å². The van der Waals surface area contributed by atoms with E-state index in [0.717, 1.165) is 43.1 Å². The molecule has 31 heavy (non-hydrogen) atoms. The van der Waals surface area contributed by atoms with Gasteiger partial charge in [-0.25, -0.2) is 0 Å². The lowest BCUT2D eigenvalue weighted by molar-refractivity contribution is -0.0948. The molecule has 4 rings (SSSR count). The summed E-state index contributed by atoms with van der Waals surface area (Å²) in [5, 5.41) is 4.15. The Morgan fingerprint density at radius 3 is 2.48 bits per heavy atom. The van der Waals surface area contributed by atoms with Gasteiger partial charge in [-0.2, -0.15) is 0 Å². The Balaban J connectivity index is 1.47. The maximum Gasteiger partial charge on any atom is 0.144 e. The molecule has 3 aromatic carbocycles. The van der Waals surface area contributed by atoms with Gasteiger partial charge in [-0.15, -0.1) is 0 Å². The molecule has 1 aliphatic rings. The second kappa shape index (κ2) is 10.2. The van der Waals surface area contributed by atoms with Crippen molar-refractivity contribution in [2.75, 3.05) is 25.6 Å². The third-order valence-electron chi connectivity index (χ3n) is 5.81. The van der Waals surface area contributed by atoms with Crippen molar-refractivity contribution >= 4 is 17.3 Å². The summed E-state index contributed by atoms with van der Waals surface area (Å²) in [6.45, 7) is 2.61. The van der Waals surface area contributed by atoms with Crippen LogP contribution in [0.1, 0.15) is 29.5 Å². The van der Waals surface area contributed by atoms with Gasteiger partial charge in [0, 0.05) is 50.8 Å². The largest absolute Gasteiger partial charge is 0.487 e. The summed E-state index contributed by atoms with van der Waals surface area (Å²) in [4.78, 5) is 0. The van der Waals surface area contributed by atoms with Gasteiger partial charge in [0.05, 0.1) is 11.3 Å². The number of hydrogen-bond donors (Lipinski definition) is 1. The number of anilines is 1. The SMILES string of the molecule is COC1(c2cccc(CNc3ccc(Cl)cc3OCc3ccccc3)c2)CCOCC1. The predicted octanol–water partition coefficient (Wildman–Crippen LogP) is 6.18. The normalized spacial score (nSPS) is 15.4. The third kappa shape index (κ3) is 5.40. The molecule has 0 aromatic heterocycles. The van der Waals surface area contributed by atoms with E-state index in [-0.39, 0.29) is 5.60 Å². The van der Waals surface area contributed by atoms with E-state index in [1.54, 1.807) is 7.11 Å². The molecule has 162 valence electrons. The number of methoxy groups -OCH3 is 1. The number of halogens is 1. The number of rotatable bonds is 8. The first-order valence-corrected chi connectivity index (χ1v) is 11.0. The lowest BCUT2D eigenvalue weighted by Gasteiger charge is -2.36. The molecule has 3 aromatic rings. The highest BCUT2D eigenvalue weighted by atomic mass is 35.5. The first kappa shape index (κ1) is 21.7. The first-order chi connectivity index (χ1) is 15.2. The molecule has 0 unspecified atom stereocenters. The van der Waals surface area contributed by atoms with Crippen molar-refractivity contribution in [2.24, 2.45) is 0 Å². The van der Waals surface area contributed by atoms with Crippen molar-refractivity contribution in [1.82, 2.24) is 0 Å². The minimum atomic E-state index is -0.265. The molecule has 0 spiro atoms. The van der Waals surface area contributed by atoms with E-state index in [1.807, 2.05) is 48.5 Å². The summed E-state index contributed by atoms with van der Waals surface area (Å²) in [5.74, 6) is 0.741. The predicted molar refractivity (Wildman–Crippen MR) is 125 cm³/mol. The van der Waals surface area contributed by atoms with Crippen LogP contribution in [0, 0.1) is 0 Å². The topological polar surface area (TPSA) is 39.7 Å². The lowest BCUT2D eigenvalue weighted by Crippen LogP contribution is -2.35. The maximum absolute atomic E-state index is 6.22. The molecule has 0 saturated carbocycles. The van der Waals surface area contributed by atoms with Gasteiger partial charge in [0.2, 0.25) is 0 Å². The Labute approximate surface area is 189 Å². The van der Waals surface area contributed by atoms with Gasteiger partial charge in [-0.05, 0) is 28.8 Å². The van der Waals surface area contributed by atoms with Gasteiger partial charge in [0.15, 0.2) is 0 Å². The fourth-order valence-electron chi connectivity index (χ4n) is 3.97. The van der Waals surface area contributed by atoms with Gasteiger partial charge in [-0.1, -0.05) is 66.2 Å². The van der Waals surface area contributed by atoms with Crippen LogP contribution in [0.5, 0.6) is 5.75 Å². The second-order valence-corrected chi connectivity index (χ2v) is 8.22. The van der Waals surface area contributed by atoms with Crippen molar-refractivity contribution < 1.29 is 14.2 Å². The van der Waals surface area contributed by atoms with Crippen molar-refractivity contribution in [3.63, 3.8) is 0 Å². The summed E-state index contributed by atoms with van der Waals surface area (Å²) in [6.07, 6.45) is 1.74. The molecule has 5 heteroatoms. The van der Waals surface area contributed by atoms with Crippen LogP contribution in [0.2, 0.25) is 5.02 Å². The van der Waals surface area contributed by atoms with E-state index in [9.17, 15) is 0 Å². The van der Waals surface area contributed by atoms with Crippen LogP contribution in [0.25, 0.3) is 0 Å². The Hall–Kier alpha value is -2.53. The third-order valence-corrected chi connectivity index (χ3v) is 6.04. The van der Waals surface area contributed by atoms with Crippen molar-refractivity contribution in [1.29, 1.82) is 0 Å². The molecule has 1 aliphatic heterocycles. The number of benzene rings is 3. The Bertz CT molecular complexity index is 987. The molecule has 4 nitrogen and oxygen atoms in total. The maximum atomic E-state index is 6.22. The van der Waals surface area contributed by atoms with Crippen molar-refractivity contribution in [3.8, 4) is 5.75 Å². The molecule has 1 saturated heterocycles. The molecule has 0 amide bonds. The molecule has 0 bridgehead atoms. The average Bonchev–Trinajstić information content (AvgIpc) is 2.83. The van der Waals surface area contributed by atoms with Gasteiger partial charge in [-0.3, -0.25) is 0 Å². The van der Waals surface area contributed by atoms with Crippen LogP contribution in [0.3, 0.4) is 0 Å². The smallest absolute Gasteiger partial charge is 0.144 e. The summed E-state index contributed by atoms with van der Waals surface area (Å²) in [5.41, 5.74) is 4.15. The van der Waals surface area contributed by atoms with E-state index >= 15 is 0 Å². The van der Waals surface area contributed by atoms with E-state index < -0.39 is 0 Å². The molecule has 1 fully saturated rings. The zero-order chi connectivity index (χ0) is 21.5. The second-order valence-electron chi connectivity index (χ2n) is 7.78. The highest BCUT2D eigenvalue weighted by Crippen LogP contribution is 2.36. The summed E-state index contributed by atoms with van der Waals surface area (Å²) < 4.78 is 17.6. The van der Waals surface area contributed by atoms with E-state index in [1.165, 1.54) is 11.1 Å². The Morgan fingerprint density at radius 2 is 1.71 bits per heavy atom. The molecule has 0 aliphatic carbocycles. The van der Waals surface area contributed by atoms with E-state index in [2.05, 4.69) is 29.6 Å². The fourth-order valence-corrected chi connectivity index (χ4v) is 4.13. The Kier molecular flexibility index (Phi) is 7.13. The molecule has 0 radical (unpaired) electrons. The molecule has 0 atom stereocenters. The monoisotopic (exact) mass is 437 g/mol. The molecule has 1 N–H and O–H groups in total. The standard InChI is InChI=1S/C26H28ClNO3/c1-29-26(12-14-30-15-13-26)22-9-5-8-21(16-22)18-28-24-11-10-23(27)17-25(24)31-19-20-6-3-2-4-7-20/h2-11,16-17,28H,12-15,18-19H2,1H3. The molecular formula is C26H28ClNO3. The minimum Gasteiger partial charge on any atom is -0.487 e. The summed E-state index contributed by atoms with van der Waals surface area (Å²) >= 11 is 6.22. The molecule has 1 heterocycles.